The maximum Gasteiger partial charge on any atom is 0.233 e. The highest BCUT2D eigenvalue weighted by molar-refractivity contribution is 5.92. The second kappa shape index (κ2) is 10.1. The summed E-state index contributed by atoms with van der Waals surface area (Å²) in [6, 6.07) is 31.5. The lowest BCUT2D eigenvalue weighted by Crippen LogP contribution is -2.47. The van der Waals surface area contributed by atoms with Crippen molar-refractivity contribution in [2.75, 3.05) is 39.8 Å². The largest absolute Gasteiger partial charge is 0.341 e. The molecule has 1 saturated carbocycles. The van der Waals surface area contributed by atoms with Gasteiger partial charge >= 0.3 is 0 Å². The van der Waals surface area contributed by atoms with Gasteiger partial charge in [0.1, 0.15) is 0 Å². The Bertz CT molecular complexity index is 1060. The Balaban J connectivity index is 1.23. The fraction of sp³-hybridized carbons (Fsp3) is 0.367. The zero-order valence-corrected chi connectivity index (χ0v) is 20.1. The van der Waals surface area contributed by atoms with Crippen molar-refractivity contribution < 1.29 is 4.79 Å². The van der Waals surface area contributed by atoms with Gasteiger partial charge in [-0.25, -0.2) is 0 Å². The van der Waals surface area contributed by atoms with Gasteiger partial charge in [0.15, 0.2) is 0 Å². The van der Waals surface area contributed by atoms with Crippen molar-refractivity contribution in [3.8, 4) is 0 Å². The van der Waals surface area contributed by atoms with Crippen LogP contribution in [0.1, 0.15) is 23.1 Å². The minimum absolute atomic E-state index is 0.260. The lowest BCUT2D eigenvalue weighted by Gasteiger charge is -2.35. The van der Waals surface area contributed by atoms with Gasteiger partial charge in [-0.15, -0.1) is 0 Å². The number of carbonyl (C=O) groups is 1. The Morgan fingerprint density at radius 2 is 1.32 bits per heavy atom. The molecule has 3 aromatic carbocycles. The van der Waals surface area contributed by atoms with E-state index >= 15 is 0 Å². The van der Waals surface area contributed by atoms with Crippen LogP contribution in [-0.4, -0.2) is 60.4 Å². The summed E-state index contributed by atoms with van der Waals surface area (Å²) < 4.78 is 0. The highest BCUT2D eigenvalue weighted by Crippen LogP contribution is 2.55. The van der Waals surface area contributed by atoms with E-state index in [1.165, 1.54) is 16.7 Å². The van der Waals surface area contributed by atoms with Crippen LogP contribution in [0.15, 0.2) is 91.0 Å². The van der Waals surface area contributed by atoms with Crippen LogP contribution >= 0.6 is 0 Å². The number of hydrogen-bond acceptors (Lipinski definition) is 3. The second-order valence-corrected chi connectivity index (χ2v) is 9.95. The first-order chi connectivity index (χ1) is 16.6. The van der Waals surface area contributed by atoms with E-state index in [4.69, 9.17) is 0 Å². The molecule has 4 nitrogen and oxygen atoms in total. The number of nitrogens with zero attached hydrogens (tertiary/aromatic N) is 3. The molecule has 0 radical (unpaired) electrons. The molecule has 1 heterocycles. The van der Waals surface area contributed by atoms with Gasteiger partial charge in [-0.3, -0.25) is 9.69 Å². The lowest BCUT2D eigenvalue weighted by molar-refractivity contribution is -0.133. The van der Waals surface area contributed by atoms with Gasteiger partial charge in [-0.2, -0.15) is 0 Å². The van der Waals surface area contributed by atoms with E-state index in [0.29, 0.717) is 12.5 Å². The fourth-order valence-corrected chi connectivity index (χ4v) is 5.58. The van der Waals surface area contributed by atoms with Crippen LogP contribution in [0.3, 0.4) is 0 Å². The topological polar surface area (TPSA) is 26.8 Å². The Morgan fingerprint density at radius 1 is 0.794 bits per heavy atom. The summed E-state index contributed by atoms with van der Waals surface area (Å²) >= 11 is 0. The minimum atomic E-state index is -0.383. The van der Waals surface area contributed by atoms with Crippen molar-refractivity contribution in [2.24, 2.45) is 5.92 Å². The smallest absolute Gasteiger partial charge is 0.233 e. The van der Waals surface area contributed by atoms with Crippen LogP contribution < -0.4 is 0 Å². The SMILES string of the molecule is CN(Cc1ccccc1)C(=O)C1(c2ccccc2)CC1CN1CCN(Cc2ccccc2)CC1. The number of hydrogen-bond donors (Lipinski definition) is 0. The number of benzene rings is 3. The van der Waals surface area contributed by atoms with E-state index in [9.17, 15) is 4.79 Å². The molecular formula is C30H35N3O. The third-order valence-corrected chi connectivity index (χ3v) is 7.58. The molecule has 34 heavy (non-hydrogen) atoms. The average Bonchev–Trinajstić information content (AvgIpc) is 3.61. The molecule has 3 aromatic rings. The maximum atomic E-state index is 13.8. The van der Waals surface area contributed by atoms with Crippen molar-refractivity contribution in [1.82, 2.24) is 14.7 Å². The molecule has 176 valence electrons. The lowest BCUT2D eigenvalue weighted by atomic mass is 9.91. The van der Waals surface area contributed by atoms with Crippen LogP contribution in [-0.2, 0) is 23.3 Å². The van der Waals surface area contributed by atoms with Gasteiger partial charge in [-0.05, 0) is 29.0 Å². The average molecular weight is 454 g/mol. The molecule has 2 unspecified atom stereocenters. The van der Waals surface area contributed by atoms with Crippen LogP contribution in [0.25, 0.3) is 0 Å². The Kier molecular flexibility index (Phi) is 6.80. The van der Waals surface area contributed by atoms with Crippen molar-refractivity contribution in [3.05, 3.63) is 108 Å². The minimum Gasteiger partial charge on any atom is -0.341 e. The fourth-order valence-electron chi connectivity index (χ4n) is 5.58. The summed E-state index contributed by atoms with van der Waals surface area (Å²) in [4.78, 5) is 20.9. The van der Waals surface area contributed by atoms with Gasteiger partial charge in [-0.1, -0.05) is 91.0 Å². The third-order valence-electron chi connectivity index (χ3n) is 7.58. The van der Waals surface area contributed by atoms with Gasteiger partial charge in [0.2, 0.25) is 5.91 Å². The second-order valence-electron chi connectivity index (χ2n) is 9.95. The molecule has 2 aliphatic rings. The summed E-state index contributed by atoms with van der Waals surface area (Å²) in [5, 5.41) is 0. The molecule has 0 aromatic heterocycles. The highest BCUT2D eigenvalue weighted by atomic mass is 16.2. The molecule has 0 N–H and O–H groups in total. The summed E-state index contributed by atoms with van der Waals surface area (Å²) in [6.45, 7) is 6.99. The zero-order chi connectivity index (χ0) is 23.4. The normalized spacial score (nSPS) is 22.9. The quantitative estimate of drug-likeness (QED) is 0.505. The summed E-state index contributed by atoms with van der Waals surface area (Å²) in [7, 11) is 1.96. The molecule has 2 atom stereocenters. The first-order valence-corrected chi connectivity index (χ1v) is 12.5. The van der Waals surface area contributed by atoms with Gasteiger partial charge in [0.05, 0.1) is 5.41 Å². The van der Waals surface area contributed by atoms with Crippen LogP contribution in [0.5, 0.6) is 0 Å². The molecule has 1 aliphatic heterocycles. The first kappa shape index (κ1) is 22.8. The molecule has 0 bridgehead atoms. The van der Waals surface area contributed by atoms with Gasteiger partial charge in [0.25, 0.3) is 0 Å². The van der Waals surface area contributed by atoms with E-state index in [1.54, 1.807) is 0 Å². The maximum absolute atomic E-state index is 13.8. The van der Waals surface area contributed by atoms with Gasteiger partial charge in [0, 0.05) is 52.9 Å². The molecule has 0 spiro atoms. The molecule has 2 fully saturated rings. The number of rotatable bonds is 8. The van der Waals surface area contributed by atoms with Crippen LogP contribution in [0, 0.1) is 5.92 Å². The van der Waals surface area contributed by atoms with Crippen LogP contribution in [0.2, 0.25) is 0 Å². The van der Waals surface area contributed by atoms with E-state index < -0.39 is 0 Å². The van der Waals surface area contributed by atoms with Crippen molar-refractivity contribution in [1.29, 1.82) is 0 Å². The number of piperazine rings is 1. The van der Waals surface area contributed by atoms with E-state index in [2.05, 4.69) is 76.5 Å². The van der Waals surface area contributed by atoms with Crippen LogP contribution in [0.4, 0.5) is 0 Å². The summed E-state index contributed by atoms with van der Waals surface area (Å²) in [5.74, 6) is 0.636. The van der Waals surface area contributed by atoms with Crippen molar-refractivity contribution in [3.63, 3.8) is 0 Å². The summed E-state index contributed by atoms with van der Waals surface area (Å²) in [5.41, 5.74) is 3.35. The molecule has 1 amide bonds. The third kappa shape index (κ3) is 4.94. The Labute approximate surface area is 203 Å². The standard InChI is InChI=1S/C30H35N3O/c1-31(22-25-11-5-2-6-12-25)29(34)30(27-15-9-4-10-16-27)21-28(30)24-33-19-17-32(18-20-33)23-26-13-7-3-8-14-26/h2-16,28H,17-24H2,1H3. The number of carbonyl (C=O) groups excluding carboxylic acids is 1. The van der Waals surface area contributed by atoms with Crippen molar-refractivity contribution in [2.45, 2.75) is 24.9 Å². The van der Waals surface area contributed by atoms with Gasteiger partial charge < -0.3 is 9.80 Å². The number of likely N-dealkylation sites (N-methyl/N-ethyl adjacent to an activating group) is 1. The highest BCUT2D eigenvalue weighted by Gasteiger charge is 2.61. The van der Waals surface area contributed by atoms with E-state index in [0.717, 1.165) is 45.7 Å². The Hall–Kier alpha value is -2.95. The molecule has 5 rings (SSSR count). The van der Waals surface area contributed by atoms with E-state index in [-0.39, 0.29) is 11.3 Å². The number of amides is 1. The molecular weight excluding hydrogens is 418 g/mol. The molecule has 1 saturated heterocycles. The zero-order valence-electron chi connectivity index (χ0n) is 20.1. The molecule has 4 heteroatoms. The van der Waals surface area contributed by atoms with Crippen molar-refractivity contribution >= 4 is 5.91 Å². The van der Waals surface area contributed by atoms with E-state index in [1.807, 2.05) is 36.2 Å². The monoisotopic (exact) mass is 453 g/mol. The summed E-state index contributed by atoms with van der Waals surface area (Å²) in [6.07, 6.45) is 0.944. The molecule has 1 aliphatic carbocycles. The Morgan fingerprint density at radius 3 is 1.94 bits per heavy atom. The first-order valence-electron chi connectivity index (χ1n) is 12.5. The predicted octanol–water partition coefficient (Wildman–Crippen LogP) is 4.42. The predicted molar refractivity (Wildman–Crippen MR) is 137 cm³/mol.